The van der Waals surface area contributed by atoms with Crippen LogP contribution in [-0.2, 0) is 49.6 Å². The lowest BCUT2D eigenvalue weighted by atomic mass is 9.93. The maximum Gasteiger partial charge on any atom is 0.246 e. The first-order valence-electron chi connectivity index (χ1n) is 20.7. The molecule has 64 heavy (non-hydrogen) atoms. The lowest BCUT2D eigenvalue weighted by Crippen LogP contribution is -2.61. The molecule has 0 saturated carbocycles. The number of aromatic nitrogens is 1. The van der Waals surface area contributed by atoms with Crippen molar-refractivity contribution in [3.8, 4) is 5.75 Å². The number of benzene rings is 1. The number of aromatic hydroxyl groups is 1. The molecule has 0 spiro atoms. The summed E-state index contributed by atoms with van der Waals surface area (Å²) in [6, 6.07) is -2.68. The number of anilines is 1. The summed E-state index contributed by atoms with van der Waals surface area (Å²) in [5.41, 5.74) is 6.35. The molecule has 2 aliphatic heterocycles. The third-order valence-corrected chi connectivity index (χ3v) is 11.1. The van der Waals surface area contributed by atoms with Crippen LogP contribution in [0.25, 0.3) is 10.9 Å². The largest absolute Gasteiger partial charge is 0.508 e. The van der Waals surface area contributed by atoms with Gasteiger partial charge in [0.2, 0.25) is 53.2 Å². The summed E-state index contributed by atoms with van der Waals surface area (Å²) in [4.78, 5) is 125. The molecule has 0 radical (unpaired) electrons. The molecule has 0 aliphatic carbocycles. The van der Waals surface area contributed by atoms with Crippen LogP contribution in [0.4, 0.5) is 5.82 Å². The number of carbonyl (C=O) groups is 9. The number of aliphatic hydroxyl groups excluding tert-OH is 3. The van der Waals surface area contributed by atoms with Crippen molar-refractivity contribution in [1.29, 1.82) is 0 Å². The lowest BCUT2D eigenvalue weighted by Gasteiger charge is -2.32. The van der Waals surface area contributed by atoms with Crippen molar-refractivity contribution < 1.29 is 63.6 Å². The lowest BCUT2D eigenvalue weighted by molar-refractivity contribution is -0.143. The van der Waals surface area contributed by atoms with Crippen molar-refractivity contribution in [2.75, 3.05) is 52.3 Å². The van der Waals surface area contributed by atoms with Crippen molar-refractivity contribution >= 4 is 69.9 Å². The van der Waals surface area contributed by atoms with Crippen LogP contribution in [-0.4, -0.2) is 167 Å². The van der Waals surface area contributed by atoms with Gasteiger partial charge in [0.25, 0.3) is 0 Å². The van der Waals surface area contributed by atoms with Crippen molar-refractivity contribution in [2.45, 2.75) is 89.2 Å². The first kappa shape index (κ1) is 51.8. The van der Waals surface area contributed by atoms with E-state index in [2.05, 4.69) is 47.5 Å². The van der Waals surface area contributed by atoms with E-state index in [4.69, 9.17) is 10.8 Å². The minimum atomic E-state index is -1.64. The molecule has 2 fully saturated rings. The van der Waals surface area contributed by atoms with E-state index in [0.29, 0.717) is 35.1 Å². The fourth-order valence-corrected chi connectivity index (χ4v) is 7.30. The number of phenols is 1. The van der Waals surface area contributed by atoms with Crippen molar-refractivity contribution in [2.24, 2.45) is 17.6 Å². The third kappa shape index (κ3) is 13.7. The van der Waals surface area contributed by atoms with Gasteiger partial charge in [-0.3, -0.25) is 43.2 Å². The SMILES string of the molecule is CCC(C)C1NC(=O)CNC(=O)C(Cc2c(NC)[nH]c3cc(O)ccc23)NC(=O)C([C@@H](C)C(O)CO)NC(=O)C2CCCN2C(=O)C(CC(N)=O)NC(=O)CNC(=O)CNC1=O.CO. The van der Waals surface area contributed by atoms with Gasteiger partial charge in [-0.05, 0) is 30.9 Å². The van der Waals surface area contributed by atoms with Gasteiger partial charge in [-0.15, -0.1) is 0 Å². The summed E-state index contributed by atoms with van der Waals surface area (Å²) in [6.45, 7) is 1.99. The fraction of sp³-hybridized carbons (Fsp3) is 0.575. The van der Waals surface area contributed by atoms with Crippen LogP contribution in [0.5, 0.6) is 5.75 Å². The van der Waals surface area contributed by atoms with Gasteiger partial charge in [0, 0.05) is 50.1 Å². The molecule has 3 heterocycles. The molecule has 2 aromatic rings. The average Bonchev–Trinajstić information content (AvgIpc) is 3.91. The molecule has 24 nitrogen and oxygen atoms in total. The van der Waals surface area contributed by atoms with Crippen LogP contribution >= 0.6 is 0 Å². The number of H-pyrrole nitrogens is 1. The number of aromatic amines is 1. The highest BCUT2D eigenvalue weighted by Crippen LogP contribution is 2.30. The van der Waals surface area contributed by atoms with E-state index in [9.17, 15) is 58.5 Å². The summed E-state index contributed by atoms with van der Waals surface area (Å²) in [6.07, 6.45) is -1.71. The van der Waals surface area contributed by atoms with Gasteiger partial charge in [-0.25, -0.2) is 0 Å². The van der Waals surface area contributed by atoms with Crippen LogP contribution in [0.2, 0.25) is 0 Å². The molecule has 1 aromatic heterocycles. The number of amides is 9. The van der Waals surface area contributed by atoms with Gasteiger partial charge in [0.1, 0.15) is 41.8 Å². The van der Waals surface area contributed by atoms with E-state index in [0.717, 1.165) is 12.0 Å². The molecular formula is C40H61N11O13. The number of hydrogen-bond acceptors (Lipinski definition) is 14. The van der Waals surface area contributed by atoms with Crippen LogP contribution in [0.1, 0.15) is 52.0 Å². The fourth-order valence-electron chi connectivity index (χ4n) is 7.30. The van der Waals surface area contributed by atoms with Crippen molar-refractivity contribution in [1.82, 2.24) is 47.1 Å². The molecule has 2 saturated heterocycles. The van der Waals surface area contributed by atoms with E-state index in [1.165, 1.54) is 19.1 Å². The number of primary amides is 1. The molecule has 9 amide bonds. The quantitative estimate of drug-likeness (QED) is 0.107. The molecule has 354 valence electrons. The van der Waals surface area contributed by atoms with Crippen molar-refractivity contribution in [3.05, 3.63) is 23.8 Å². The van der Waals surface area contributed by atoms with E-state index >= 15 is 0 Å². The number of nitrogens with two attached hydrogens (primary N) is 1. The van der Waals surface area contributed by atoms with Gasteiger partial charge in [-0.2, -0.15) is 0 Å². The van der Waals surface area contributed by atoms with Crippen LogP contribution in [0.3, 0.4) is 0 Å². The van der Waals surface area contributed by atoms with Crippen LogP contribution in [0.15, 0.2) is 18.2 Å². The second-order valence-corrected chi connectivity index (χ2v) is 15.4. The Hall–Kier alpha value is -6.53. The summed E-state index contributed by atoms with van der Waals surface area (Å²) in [5.74, 6) is -9.15. The molecule has 8 atom stereocenters. The van der Waals surface area contributed by atoms with Gasteiger partial charge in [0.05, 0.1) is 44.3 Å². The zero-order chi connectivity index (χ0) is 47.8. The second kappa shape index (κ2) is 24.4. The van der Waals surface area contributed by atoms with E-state index in [-0.39, 0.29) is 25.1 Å². The number of carbonyl (C=O) groups excluding carboxylic acids is 9. The number of rotatable bonds is 10. The summed E-state index contributed by atoms with van der Waals surface area (Å²) >= 11 is 0. The monoisotopic (exact) mass is 903 g/mol. The van der Waals surface area contributed by atoms with Gasteiger partial charge in [-0.1, -0.05) is 27.2 Å². The first-order valence-corrected chi connectivity index (χ1v) is 20.7. The highest BCUT2D eigenvalue weighted by atomic mass is 16.3. The number of fused-ring (bicyclic) bond motifs is 2. The number of nitrogens with one attached hydrogen (secondary N) is 9. The molecule has 15 N–H and O–H groups in total. The Morgan fingerprint density at radius 2 is 1.48 bits per heavy atom. The Bertz CT molecular complexity index is 2030. The summed E-state index contributed by atoms with van der Waals surface area (Å²) in [7, 11) is 2.60. The molecule has 0 bridgehead atoms. The van der Waals surface area contributed by atoms with E-state index in [1.807, 2.05) is 0 Å². The number of hydrogen-bond donors (Lipinski definition) is 14. The topological polar surface area (TPSA) is 376 Å². The normalized spacial score (nSPS) is 23.8. The zero-order valence-electron chi connectivity index (χ0n) is 36.4. The highest BCUT2D eigenvalue weighted by Gasteiger charge is 2.41. The zero-order valence-corrected chi connectivity index (χ0v) is 36.4. The molecular weight excluding hydrogens is 843 g/mol. The average molecular weight is 904 g/mol. The van der Waals surface area contributed by atoms with Gasteiger partial charge >= 0.3 is 0 Å². The minimum Gasteiger partial charge on any atom is -0.508 e. The maximum atomic E-state index is 14.3. The minimum absolute atomic E-state index is 0.00612. The van der Waals surface area contributed by atoms with Gasteiger partial charge < -0.3 is 78.6 Å². The summed E-state index contributed by atoms with van der Waals surface area (Å²) in [5, 5.41) is 58.5. The Kier molecular flexibility index (Phi) is 19.7. The predicted octanol–water partition coefficient (Wildman–Crippen LogP) is -4.73. The molecule has 1 aromatic carbocycles. The third-order valence-electron chi connectivity index (χ3n) is 11.1. The Morgan fingerprint density at radius 3 is 2.12 bits per heavy atom. The highest BCUT2D eigenvalue weighted by molar-refractivity contribution is 5.99. The van der Waals surface area contributed by atoms with Gasteiger partial charge in [0.15, 0.2) is 0 Å². The predicted molar refractivity (Wildman–Crippen MR) is 228 cm³/mol. The first-order chi connectivity index (χ1) is 30.4. The van der Waals surface area contributed by atoms with E-state index < -0.39 is 134 Å². The maximum absolute atomic E-state index is 14.3. The van der Waals surface area contributed by atoms with E-state index in [1.54, 1.807) is 27.0 Å². The van der Waals surface area contributed by atoms with Crippen LogP contribution < -0.4 is 48.3 Å². The number of aliphatic hydroxyl groups is 3. The molecule has 7 unspecified atom stereocenters. The van der Waals surface area contributed by atoms with Crippen molar-refractivity contribution in [3.63, 3.8) is 0 Å². The molecule has 4 rings (SSSR count). The smallest absolute Gasteiger partial charge is 0.246 e. The second-order valence-electron chi connectivity index (χ2n) is 15.4. The standard InChI is InChI=1S/C39H57N11O12.CH4O/c1-5-18(2)32-37(60)44-14-29(55)42-15-30(56)45-25(13-28(40)54)39(62)50-10-6-7-26(50)36(59)49-33(19(3)27(53)17-51)38(61)47-24(35(58)43-16-31(57)48-32)12-22-21-9-8-20(52)11-23(21)46-34(22)41-4;1-2/h8-9,11,18-19,24-27,32-33,41,46,51-53H,5-7,10,12-17H2,1-4H3,(H2,40,54)(H,42,55)(H,43,58)(H,44,60)(H,45,56)(H,47,61)(H,48,57)(H,49,59);2H,1H3/t18?,19-,24?,25?,26?,27?,32?,33?;/m0./s1. The number of phenolic OH excluding ortho intramolecular Hbond substituents is 1. The molecule has 24 heteroatoms. The number of nitrogens with zero attached hydrogens (tertiary/aromatic N) is 1. The summed E-state index contributed by atoms with van der Waals surface area (Å²) < 4.78 is 0. The Balaban J connectivity index is 0.00000537. The van der Waals surface area contributed by atoms with Crippen LogP contribution in [0, 0.1) is 11.8 Å². The molecule has 2 aliphatic rings. The Labute approximate surface area is 368 Å². The Morgan fingerprint density at radius 1 is 0.844 bits per heavy atom.